The van der Waals surface area contributed by atoms with E-state index in [1.54, 1.807) is 23.1 Å². The van der Waals surface area contributed by atoms with Crippen molar-refractivity contribution in [1.82, 2.24) is 49.2 Å². The predicted octanol–water partition coefficient (Wildman–Crippen LogP) is 2.55. The van der Waals surface area contributed by atoms with E-state index < -0.39 is 0 Å². The number of terminal acetylenes is 1. The second-order valence-electron chi connectivity index (χ2n) is 10.1. The van der Waals surface area contributed by atoms with Gasteiger partial charge >= 0.3 is 0 Å². The van der Waals surface area contributed by atoms with Crippen molar-refractivity contribution in [2.75, 3.05) is 38.2 Å². The van der Waals surface area contributed by atoms with Gasteiger partial charge in [0.25, 0.3) is 0 Å². The van der Waals surface area contributed by atoms with Gasteiger partial charge in [0.15, 0.2) is 5.82 Å². The van der Waals surface area contributed by atoms with Crippen LogP contribution in [0.1, 0.15) is 18.2 Å². The monoisotopic (exact) mass is 551 g/mol. The molecule has 5 aromatic rings. The van der Waals surface area contributed by atoms with Gasteiger partial charge in [-0.05, 0) is 12.1 Å². The summed E-state index contributed by atoms with van der Waals surface area (Å²) in [7, 11) is 3.78. The minimum atomic E-state index is -0.369. The number of hydrogen-bond donors (Lipinski definition) is 1. The number of rotatable bonds is 3. The van der Waals surface area contributed by atoms with Crippen molar-refractivity contribution in [3.05, 3.63) is 42.5 Å². The average molecular weight is 552 g/mol. The lowest BCUT2D eigenvalue weighted by Gasteiger charge is -2.26. The third kappa shape index (κ3) is 4.66. The number of morpholine rings is 1. The van der Waals surface area contributed by atoms with E-state index in [1.165, 1.54) is 0 Å². The lowest BCUT2D eigenvalue weighted by molar-refractivity contribution is 0.0331. The molecule has 4 bridgehead atoms. The largest absolute Gasteiger partial charge is 0.477 e. The molecule has 1 saturated heterocycles. The summed E-state index contributed by atoms with van der Waals surface area (Å²) in [5, 5.41) is 18.4. The van der Waals surface area contributed by atoms with Crippen molar-refractivity contribution in [2.45, 2.75) is 19.0 Å². The topological polar surface area (TPSA) is 126 Å². The van der Waals surface area contributed by atoms with Crippen molar-refractivity contribution >= 4 is 22.5 Å². The van der Waals surface area contributed by atoms with Crippen molar-refractivity contribution in [3.8, 4) is 41.0 Å². The van der Waals surface area contributed by atoms with Gasteiger partial charge in [0.05, 0.1) is 37.2 Å². The molecule has 0 aromatic carbocycles. The molecule has 0 aliphatic carbocycles. The van der Waals surface area contributed by atoms with Crippen LogP contribution in [0, 0.1) is 12.3 Å². The summed E-state index contributed by atoms with van der Waals surface area (Å²) >= 11 is 0. The highest BCUT2D eigenvalue weighted by Gasteiger charge is 2.23. The van der Waals surface area contributed by atoms with Crippen LogP contribution in [0.15, 0.2) is 36.8 Å². The molecule has 5 aromatic heterocycles. The average Bonchev–Trinajstić information content (AvgIpc) is 3.66. The number of anilines is 2. The van der Waals surface area contributed by atoms with Crippen molar-refractivity contribution in [3.63, 3.8) is 0 Å². The Kier molecular flexibility index (Phi) is 6.33. The zero-order chi connectivity index (χ0) is 27.9. The summed E-state index contributed by atoms with van der Waals surface area (Å²) in [6.45, 7) is 4.43. The molecule has 2 aliphatic heterocycles. The molecule has 2 aliphatic rings. The fourth-order valence-corrected chi connectivity index (χ4v) is 5.27. The van der Waals surface area contributed by atoms with Gasteiger partial charge in [-0.2, -0.15) is 15.3 Å². The molecular weight excluding hydrogens is 522 g/mol. The number of ether oxygens (including phenoxy) is 2. The van der Waals surface area contributed by atoms with Gasteiger partial charge in [0, 0.05) is 64.0 Å². The number of aryl methyl sites for hydroxylation is 2. The number of hydrogen-bond acceptors (Lipinski definition) is 10. The zero-order valence-electron chi connectivity index (χ0n) is 22.9. The number of pyridine rings is 1. The second-order valence-corrected chi connectivity index (χ2v) is 10.1. The predicted molar refractivity (Wildman–Crippen MR) is 151 cm³/mol. The molecule has 208 valence electrons. The molecular formula is C28H29N11O2. The lowest BCUT2D eigenvalue weighted by atomic mass is 10.2. The maximum Gasteiger partial charge on any atom is 0.222 e. The molecule has 0 amide bonds. The maximum absolute atomic E-state index is 6.19. The second kappa shape index (κ2) is 10.3. The number of fused-ring (bicyclic) bond motifs is 5. The van der Waals surface area contributed by atoms with E-state index in [4.69, 9.17) is 31.1 Å². The Morgan fingerprint density at radius 2 is 1.93 bits per heavy atom. The molecule has 7 rings (SSSR count). The number of aromatic nitrogens is 9. The molecule has 13 heteroatoms. The third-order valence-corrected chi connectivity index (χ3v) is 7.46. The Bertz CT molecular complexity index is 1770. The first-order valence-corrected chi connectivity index (χ1v) is 13.5. The van der Waals surface area contributed by atoms with Crippen LogP contribution >= 0.6 is 0 Å². The van der Waals surface area contributed by atoms with Crippen LogP contribution in [0.2, 0.25) is 0 Å². The van der Waals surface area contributed by atoms with E-state index in [0.29, 0.717) is 41.9 Å². The lowest BCUT2D eigenvalue weighted by Crippen LogP contribution is -2.36. The van der Waals surface area contributed by atoms with Crippen LogP contribution in [0.3, 0.4) is 0 Å². The van der Waals surface area contributed by atoms with E-state index >= 15 is 0 Å². The van der Waals surface area contributed by atoms with E-state index in [9.17, 15) is 0 Å². The van der Waals surface area contributed by atoms with Gasteiger partial charge in [-0.3, -0.25) is 9.58 Å². The van der Waals surface area contributed by atoms with Gasteiger partial charge in [0.1, 0.15) is 34.6 Å². The van der Waals surface area contributed by atoms with Crippen LogP contribution in [-0.4, -0.2) is 82.1 Å². The number of nitrogens with one attached hydrogen (secondary N) is 1. The first kappa shape index (κ1) is 25.2. The molecule has 1 N–H and O–H groups in total. The Hall–Kier alpha value is -4.80. The van der Waals surface area contributed by atoms with Crippen molar-refractivity contribution in [2.24, 2.45) is 14.1 Å². The molecule has 1 atom stereocenters. The van der Waals surface area contributed by atoms with Gasteiger partial charge in [-0.25, -0.2) is 24.3 Å². The fourth-order valence-electron chi connectivity index (χ4n) is 5.27. The summed E-state index contributed by atoms with van der Waals surface area (Å²) in [6, 6.07) is 5.45. The van der Waals surface area contributed by atoms with Gasteiger partial charge in [-0.1, -0.05) is 5.92 Å². The first-order valence-electron chi connectivity index (χ1n) is 13.5. The van der Waals surface area contributed by atoms with Gasteiger partial charge in [-0.15, -0.1) is 6.42 Å². The summed E-state index contributed by atoms with van der Waals surface area (Å²) in [5.74, 6) is 5.18. The molecule has 1 fully saturated rings. The molecule has 13 nitrogen and oxygen atoms in total. The maximum atomic E-state index is 6.19. The summed E-state index contributed by atoms with van der Waals surface area (Å²) in [6.07, 6.45) is 11.8. The Labute approximate surface area is 236 Å². The van der Waals surface area contributed by atoms with Crippen molar-refractivity contribution < 1.29 is 9.47 Å². The normalized spacial score (nSPS) is 17.4. The molecule has 41 heavy (non-hydrogen) atoms. The Balaban J connectivity index is 1.31. The highest BCUT2D eigenvalue weighted by molar-refractivity contribution is 5.93. The van der Waals surface area contributed by atoms with Crippen LogP contribution in [0.5, 0.6) is 5.88 Å². The standard InChI is InChI=1S/C28H29N11O2/c1-4-18-6-10-41-28-21(16-31-37(28)3)27-29-7-5-24(33-27)32-25-14-23-20(15-30-25)26(35-39(18)23)22-13-19(36(2)34-22)17-38-8-11-40-12-9-38/h1,5,7,13-16,18H,6,8-12,17H2,2-3H3,(H,29,30,32,33)/t18-/m0/s1. The molecule has 0 unspecified atom stereocenters. The molecule has 7 heterocycles. The van der Waals surface area contributed by atoms with E-state index in [2.05, 4.69) is 37.3 Å². The molecule has 0 spiro atoms. The summed E-state index contributed by atoms with van der Waals surface area (Å²) in [4.78, 5) is 16.2. The van der Waals surface area contributed by atoms with Crippen LogP contribution in [0.4, 0.5) is 11.6 Å². The fraction of sp³-hybridized carbons (Fsp3) is 0.357. The first-order chi connectivity index (χ1) is 20.1. The van der Waals surface area contributed by atoms with Gasteiger partial charge in [0.2, 0.25) is 5.88 Å². The smallest absolute Gasteiger partial charge is 0.222 e. The highest BCUT2D eigenvalue weighted by Crippen LogP contribution is 2.33. The Morgan fingerprint density at radius 3 is 2.78 bits per heavy atom. The van der Waals surface area contributed by atoms with E-state index in [1.807, 2.05) is 35.7 Å². The highest BCUT2D eigenvalue weighted by atomic mass is 16.5. The zero-order valence-corrected chi connectivity index (χ0v) is 22.9. The van der Waals surface area contributed by atoms with Crippen molar-refractivity contribution in [1.29, 1.82) is 0 Å². The Morgan fingerprint density at radius 1 is 1.05 bits per heavy atom. The molecule has 0 radical (unpaired) electrons. The minimum Gasteiger partial charge on any atom is -0.477 e. The van der Waals surface area contributed by atoms with Crippen LogP contribution < -0.4 is 10.1 Å². The quantitative estimate of drug-likeness (QED) is 0.334. The van der Waals surface area contributed by atoms with Gasteiger partial charge < -0.3 is 14.8 Å². The summed E-state index contributed by atoms with van der Waals surface area (Å²) in [5.41, 5.74) is 4.13. The summed E-state index contributed by atoms with van der Waals surface area (Å²) < 4.78 is 17.1. The molecule has 0 saturated carbocycles. The van der Waals surface area contributed by atoms with E-state index in [0.717, 1.165) is 60.8 Å². The van der Waals surface area contributed by atoms with Crippen LogP contribution in [-0.2, 0) is 25.4 Å². The van der Waals surface area contributed by atoms with Crippen LogP contribution in [0.25, 0.3) is 33.7 Å². The van der Waals surface area contributed by atoms with E-state index in [-0.39, 0.29) is 6.04 Å². The SMILES string of the molecule is C#C[C@H]1CCOc2c(cnn2C)-c2nccc(n2)Nc2cc3c(cn2)c(-c2cc(CN4CCOCC4)n(C)n2)nn31. The third-order valence-electron chi connectivity index (χ3n) is 7.46. The minimum absolute atomic E-state index is 0.348. The number of nitrogens with zero attached hydrogens (tertiary/aromatic N) is 10.